The second-order valence-corrected chi connectivity index (χ2v) is 6.50. The fourth-order valence-electron chi connectivity index (χ4n) is 2.28. The second-order valence-electron chi connectivity index (χ2n) is 5.56. The van der Waals surface area contributed by atoms with Crippen molar-refractivity contribution in [3.63, 3.8) is 0 Å². The molecule has 0 bridgehead atoms. The van der Waals surface area contributed by atoms with Crippen LogP contribution < -0.4 is 10.9 Å². The minimum atomic E-state index is -0.0620. The summed E-state index contributed by atoms with van der Waals surface area (Å²) in [6, 6.07) is 1.86. The molecule has 0 aliphatic carbocycles. The SMILES string of the molecule is CCCCn1c(SCC(=O)NCCC)nc2cc(C)[nH]c2c1=O. The highest BCUT2D eigenvalue weighted by molar-refractivity contribution is 7.99. The van der Waals surface area contributed by atoms with E-state index in [9.17, 15) is 9.59 Å². The van der Waals surface area contributed by atoms with Gasteiger partial charge in [0, 0.05) is 18.8 Å². The summed E-state index contributed by atoms with van der Waals surface area (Å²) in [4.78, 5) is 32.1. The summed E-state index contributed by atoms with van der Waals surface area (Å²) in [5.41, 5.74) is 2.05. The number of unbranched alkanes of at least 4 members (excludes halogenated alkanes) is 1. The molecule has 126 valence electrons. The van der Waals surface area contributed by atoms with E-state index in [0.717, 1.165) is 25.0 Å². The Morgan fingerprint density at radius 1 is 1.39 bits per heavy atom. The third-order valence-electron chi connectivity index (χ3n) is 3.48. The van der Waals surface area contributed by atoms with Crippen LogP contribution in [-0.2, 0) is 11.3 Å². The molecule has 0 radical (unpaired) electrons. The number of hydrogen-bond acceptors (Lipinski definition) is 4. The summed E-state index contributed by atoms with van der Waals surface area (Å²) in [6.07, 6.45) is 2.81. The smallest absolute Gasteiger partial charge is 0.278 e. The third kappa shape index (κ3) is 4.37. The van der Waals surface area contributed by atoms with Crippen molar-refractivity contribution in [3.8, 4) is 0 Å². The van der Waals surface area contributed by atoms with Crippen LogP contribution in [0.1, 0.15) is 38.8 Å². The monoisotopic (exact) mass is 336 g/mol. The zero-order valence-electron chi connectivity index (χ0n) is 13.9. The van der Waals surface area contributed by atoms with Crippen molar-refractivity contribution in [2.75, 3.05) is 12.3 Å². The summed E-state index contributed by atoms with van der Waals surface area (Å²) < 4.78 is 1.68. The number of thioether (sulfide) groups is 1. The van der Waals surface area contributed by atoms with E-state index in [1.807, 2.05) is 19.9 Å². The number of hydrogen-bond donors (Lipinski definition) is 2. The molecular weight excluding hydrogens is 312 g/mol. The molecule has 7 heteroatoms. The highest BCUT2D eigenvalue weighted by atomic mass is 32.2. The van der Waals surface area contributed by atoms with E-state index in [-0.39, 0.29) is 17.2 Å². The van der Waals surface area contributed by atoms with Gasteiger partial charge in [0.1, 0.15) is 5.52 Å². The number of fused-ring (bicyclic) bond motifs is 1. The number of H-pyrrole nitrogens is 1. The van der Waals surface area contributed by atoms with Crippen molar-refractivity contribution in [1.82, 2.24) is 19.9 Å². The molecule has 2 aromatic heterocycles. The van der Waals surface area contributed by atoms with Gasteiger partial charge in [0.05, 0.1) is 11.3 Å². The quantitative estimate of drug-likeness (QED) is 0.573. The van der Waals surface area contributed by atoms with Gasteiger partial charge < -0.3 is 10.3 Å². The summed E-state index contributed by atoms with van der Waals surface area (Å²) >= 11 is 1.32. The van der Waals surface area contributed by atoms with E-state index < -0.39 is 0 Å². The number of carbonyl (C=O) groups is 1. The van der Waals surface area contributed by atoms with Crippen molar-refractivity contribution < 1.29 is 4.79 Å². The molecule has 2 aromatic rings. The van der Waals surface area contributed by atoms with Gasteiger partial charge in [-0.3, -0.25) is 14.2 Å². The Bertz CT molecular complexity index is 735. The van der Waals surface area contributed by atoms with E-state index in [0.29, 0.717) is 29.3 Å². The van der Waals surface area contributed by atoms with Gasteiger partial charge in [-0.15, -0.1) is 0 Å². The number of nitrogens with zero attached hydrogens (tertiary/aromatic N) is 2. The molecule has 0 fully saturated rings. The maximum atomic E-state index is 12.7. The van der Waals surface area contributed by atoms with Gasteiger partial charge in [-0.1, -0.05) is 32.0 Å². The Morgan fingerprint density at radius 3 is 2.87 bits per heavy atom. The number of aryl methyl sites for hydroxylation is 1. The average molecular weight is 336 g/mol. The molecule has 0 atom stereocenters. The number of amides is 1. The molecule has 23 heavy (non-hydrogen) atoms. The van der Waals surface area contributed by atoms with Crippen LogP contribution in [0, 0.1) is 6.92 Å². The fraction of sp³-hybridized carbons (Fsp3) is 0.562. The molecule has 0 aromatic carbocycles. The Kier molecular flexibility index (Phi) is 6.27. The average Bonchev–Trinajstić information content (AvgIpc) is 2.91. The first-order valence-corrected chi connectivity index (χ1v) is 9.05. The lowest BCUT2D eigenvalue weighted by Gasteiger charge is -2.11. The lowest BCUT2D eigenvalue weighted by molar-refractivity contribution is -0.118. The first kappa shape index (κ1) is 17.6. The molecule has 0 saturated heterocycles. The molecule has 0 spiro atoms. The molecular formula is C16H24N4O2S. The van der Waals surface area contributed by atoms with Crippen LogP contribution in [-0.4, -0.2) is 32.7 Å². The van der Waals surface area contributed by atoms with Crippen molar-refractivity contribution in [2.45, 2.75) is 51.7 Å². The number of aromatic amines is 1. The van der Waals surface area contributed by atoms with Gasteiger partial charge in [-0.2, -0.15) is 0 Å². The molecule has 6 nitrogen and oxygen atoms in total. The first-order valence-electron chi connectivity index (χ1n) is 8.06. The molecule has 2 N–H and O–H groups in total. The van der Waals surface area contributed by atoms with Crippen molar-refractivity contribution in [1.29, 1.82) is 0 Å². The van der Waals surface area contributed by atoms with Gasteiger partial charge in [0.25, 0.3) is 5.56 Å². The maximum absolute atomic E-state index is 12.7. The molecule has 0 aliphatic heterocycles. The summed E-state index contributed by atoms with van der Waals surface area (Å²) in [5, 5.41) is 3.45. The predicted octanol–water partition coefficient (Wildman–Crippen LogP) is 2.45. The summed E-state index contributed by atoms with van der Waals surface area (Å²) in [5.74, 6) is 0.242. The van der Waals surface area contributed by atoms with Crippen LogP contribution in [0.5, 0.6) is 0 Å². The molecule has 0 unspecified atom stereocenters. The zero-order valence-corrected chi connectivity index (χ0v) is 14.8. The predicted molar refractivity (Wildman–Crippen MR) is 94.0 cm³/mol. The molecule has 2 heterocycles. The maximum Gasteiger partial charge on any atom is 0.278 e. The van der Waals surface area contributed by atoms with Crippen LogP contribution in [0.15, 0.2) is 16.0 Å². The molecule has 0 aliphatic rings. The van der Waals surface area contributed by atoms with E-state index in [1.165, 1.54) is 11.8 Å². The van der Waals surface area contributed by atoms with Gasteiger partial charge >= 0.3 is 0 Å². The van der Waals surface area contributed by atoms with Gasteiger partial charge in [0.15, 0.2) is 5.16 Å². The van der Waals surface area contributed by atoms with Gasteiger partial charge in [-0.25, -0.2) is 4.98 Å². The number of rotatable bonds is 8. The molecule has 0 saturated carbocycles. The van der Waals surface area contributed by atoms with Crippen molar-refractivity contribution >= 4 is 28.7 Å². The van der Waals surface area contributed by atoms with Gasteiger partial charge in [-0.05, 0) is 25.8 Å². The van der Waals surface area contributed by atoms with Crippen LogP contribution in [0.25, 0.3) is 11.0 Å². The Morgan fingerprint density at radius 2 is 2.17 bits per heavy atom. The highest BCUT2D eigenvalue weighted by Crippen LogP contribution is 2.18. The highest BCUT2D eigenvalue weighted by Gasteiger charge is 2.14. The number of aromatic nitrogens is 3. The van der Waals surface area contributed by atoms with Crippen LogP contribution >= 0.6 is 11.8 Å². The van der Waals surface area contributed by atoms with Crippen molar-refractivity contribution in [2.24, 2.45) is 0 Å². The standard InChI is InChI=1S/C16H24N4O2S/c1-4-6-8-20-15(22)14-12(9-11(3)18-14)19-16(20)23-10-13(21)17-7-5-2/h9,18H,4-8,10H2,1-3H3,(H,17,21). The zero-order chi connectivity index (χ0) is 16.8. The lowest BCUT2D eigenvalue weighted by atomic mass is 10.3. The number of nitrogens with one attached hydrogen (secondary N) is 2. The minimum Gasteiger partial charge on any atom is -0.355 e. The first-order chi connectivity index (χ1) is 11.1. The molecule has 2 rings (SSSR count). The Balaban J connectivity index is 2.28. The van der Waals surface area contributed by atoms with Crippen LogP contribution in [0.3, 0.4) is 0 Å². The normalized spacial score (nSPS) is 11.1. The van der Waals surface area contributed by atoms with E-state index in [2.05, 4.69) is 22.2 Å². The van der Waals surface area contributed by atoms with Crippen molar-refractivity contribution in [3.05, 3.63) is 22.1 Å². The van der Waals surface area contributed by atoms with Crippen LogP contribution in [0.4, 0.5) is 0 Å². The number of carbonyl (C=O) groups excluding carboxylic acids is 1. The fourth-order valence-corrected chi connectivity index (χ4v) is 3.14. The lowest BCUT2D eigenvalue weighted by Crippen LogP contribution is -2.27. The van der Waals surface area contributed by atoms with Crippen LogP contribution in [0.2, 0.25) is 0 Å². The third-order valence-corrected chi connectivity index (χ3v) is 4.45. The van der Waals surface area contributed by atoms with E-state index in [1.54, 1.807) is 4.57 Å². The largest absolute Gasteiger partial charge is 0.355 e. The summed E-state index contributed by atoms with van der Waals surface area (Å²) in [6.45, 7) is 7.30. The topological polar surface area (TPSA) is 79.8 Å². The van der Waals surface area contributed by atoms with Gasteiger partial charge in [0.2, 0.25) is 5.91 Å². The minimum absolute atomic E-state index is 0.0292. The second kappa shape index (κ2) is 8.19. The summed E-state index contributed by atoms with van der Waals surface area (Å²) in [7, 11) is 0. The van der Waals surface area contributed by atoms with E-state index in [4.69, 9.17) is 0 Å². The van der Waals surface area contributed by atoms with E-state index >= 15 is 0 Å². The Labute approximate surface area is 140 Å². The Hall–Kier alpha value is -1.76. The molecule has 1 amide bonds.